The van der Waals surface area contributed by atoms with Crippen LogP contribution in [0, 0.1) is 51.2 Å². The summed E-state index contributed by atoms with van der Waals surface area (Å²) in [6, 6.07) is 8.13. The summed E-state index contributed by atoms with van der Waals surface area (Å²) < 4.78 is 4.93. The van der Waals surface area contributed by atoms with Crippen molar-refractivity contribution in [1.29, 1.82) is 0 Å². The van der Waals surface area contributed by atoms with Gasteiger partial charge in [-0.05, 0) is 132 Å². The Kier molecular flexibility index (Phi) is 6.32. The van der Waals surface area contributed by atoms with Crippen molar-refractivity contribution in [1.82, 2.24) is 0 Å². The zero-order chi connectivity index (χ0) is 28.0. The number of allylic oxidation sites excluding steroid dienone is 2. The van der Waals surface area contributed by atoms with Gasteiger partial charge in [-0.1, -0.05) is 66.2 Å². The van der Waals surface area contributed by atoms with Crippen LogP contribution in [0.1, 0.15) is 122 Å². The molecule has 0 aliphatic heterocycles. The summed E-state index contributed by atoms with van der Waals surface area (Å²) in [4.78, 5) is 12.0. The third-order valence-electron chi connectivity index (χ3n) is 14.4. The minimum atomic E-state index is -0.265. The largest absolute Gasteiger partial charge is 0.465 e. The molecule has 0 amide bonds. The first-order valence-corrected chi connectivity index (χ1v) is 16.0. The molecule has 214 valence electrons. The first kappa shape index (κ1) is 27.6. The van der Waals surface area contributed by atoms with E-state index in [4.69, 9.17) is 10.5 Å². The van der Waals surface area contributed by atoms with Crippen molar-refractivity contribution in [3.05, 3.63) is 41.5 Å². The average Bonchev–Trinajstić information content (AvgIpc) is 3.25. The van der Waals surface area contributed by atoms with Crippen LogP contribution in [0.5, 0.6) is 0 Å². The number of carbonyl (C=O) groups is 1. The van der Waals surface area contributed by atoms with Crippen molar-refractivity contribution in [2.75, 3.05) is 7.11 Å². The second-order valence-corrected chi connectivity index (χ2v) is 15.7. The van der Waals surface area contributed by atoms with Gasteiger partial charge in [-0.2, -0.15) is 0 Å². The fraction of sp³-hybridized carbons (Fsp3) is 0.750. The SMILES string of the molecule is CC[C@@H]1CC[C@]2(N)CC[C@]3(C)[C@H](CCC4[C@@]5(C)CC=C(c6ccc(C(=O)OC)cc6)C(C)(C)C5CC[C@]43C)C12. The maximum atomic E-state index is 12.0. The van der Waals surface area contributed by atoms with E-state index < -0.39 is 0 Å². The molecule has 9 atom stereocenters. The van der Waals surface area contributed by atoms with E-state index in [1.165, 1.54) is 76.0 Å². The summed E-state index contributed by atoms with van der Waals surface area (Å²) in [6.07, 6.45) is 15.6. The number of esters is 1. The molecule has 39 heavy (non-hydrogen) atoms. The molecular weight excluding hydrogens is 478 g/mol. The molecule has 4 fully saturated rings. The maximum absolute atomic E-state index is 12.0. The zero-order valence-electron chi connectivity index (χ0n) is 25.7. The molecule has 0 radical (unpaired) electrons. The van der Waals surface area contributed by atoms with Gasteiger partial charge in [0.2, 0.25) is 0 Å². The van der Waals surface area contributed by atoms with Gasteiger partial charge in [0.05, 0.1) is 12.7 Å². The highest BCUT2D eigenvalue weighted by Crippen LogP contribution is 2.76. The summed E-state index contributed by atoms with van der Waals surface area (Å²) >= 11 is 0. The molecule has 5 aliphatic carbocycles. The number of rotatable bonds is 3. The van der Waals surface area contributed by atoms with Crippen LogP contribution in [0.25, 0.3) is 5.57 Å². The van der Waals surface area contributed by atoms with Gasteiger partial charge in [0.1, 0.15) is 0 Å². The molecule has 1 aromatic rings. The highest BCUT2D eigenvalue weighted by molar-refractivity contribution is 5.89. The van der Waals surface area contributed by atoms with Gasteiger partial charge in [-0.25, -0.2) is 4.79 Å². The number of hydrogen-bond donors (Lipinski definition) is 1. The van der Waals surface area contributed by atoms with E-state index >= 15 is 0 Å². The Bertz CT molecular complexity index is 1170. The van der Waals surface area contributed by atoms with Crippen molar-refractivity contribution >= 4 is 11.5 Å². The van der Waals surface area contributed by atoms with Crippen LogP contribution in [-0.4, -0.2) is 18.6 Å². The molecule has 0 saturated heterocycles. The van der Waals surface area contributed by atoms with E-state index in [0.717, 1.165) is 30.1 Å². The van der Waals surface area contributed by atoms with Crippen molar-refractivity contribution in [3.8, 4) is 0 Å². The van der Waals surface area contributed by atoms with E-state index in [9.17, 15) is 4.79 Å². The third kappa shape index (κ3) is 3.60. The van der Waals surface area contributed by atoms with E-state index in [-0.39, 0.29) is 16.9 Å². The lowest BCUT2D eigenvalue weighted by Crippen LogP contribution is -2.67. The van der Waals surface area contributed by atoms with Gasteiger partial charge >= 0.3 is 5.97 Å². The van der Waals surface area contributed by atoms with Crippen LogP contribution >= 0.6 is 0 Å². The van der Waals surface area contributed by atoms with Gasteiger partial charge in [-0.3, -0.25) is 0 Å². The number of ether oxygens (including phenoxy) is 1. The number of nitrogens with two attached hydrogens (primary N) is 1. The lowest BCUT2D eigenvalue weighted by Gasteiger charge is -2.72. The standard InChI is InChI=1S/C36H53NO2/c1-8-23-15-20-36(37)22-21-34(5)27(30(23)36)13-14-29-33(4)18-16-26(24-9-11-25(12-10-24)31(38)39-7)32(2,3)28(33)17-19-35(29,34)6/h9-12,16,23,27-30H,8,13-15,17-22,37H2,1-7H3/t23-,27-,28?,29?,30?,33+,34-,35-,36+/m1/s1. The van der Waals surface area contributed by atoms with Gasteiger partial charge in [0.25, 0.3) is 0 Å². The minimum Gasteiger partial charge on any atom is -0.465 e. The molecule has 6 rings (SSSR count). The Morgan fingerprint density at radius 2 is 1.62 bits per heavy atom. The fourth-order valence-electron chi connectivity index (χ4n) is 12.3. The lowest BCUT2D eigenvalue weighted by atomic mass is 9.33. The first-order chi connectivity index (χ1) is 18.4. The van der Waals surface area contributed by atoms with Crippen molar-refractivity contribution in [2.45, 2.75) is 111 Å². The summed E-state index contributed by atoms with van der Waals surface area (Å²) in [6.45, 7) is 15.5. The molecule has 2 N–H and O–H groups in total. The molecule has 4 saturated carbocycles. The minimum absolute atomic E-state index is 0.0939. The monoisotopic (exact) mass is 531 g/mol. The zero-order valence-corrected chi connectivity index (χ0v) is 25.7. The van der Waals surface area contributed by atoms with E-state index in [1.54, 1.807) is 0 Å². The Labute approximate surface area is 237 Å². The molecule has 0 spiro atoms. The quantitative estimate of drug-likeness (QED) is 0.397. The summed E-state index contributed by atoms with van der Waals surface area (Å²) in [5.41, 5.74) is 11.9. The topological polar surface area (TPSA) is 52.3 Å². The summed E-state index contributed by atoms with van der Waals surface area (Å²) in [7, 11) is 1.45. The molecule has 3 heteroatoms. The first-order valence-electron chi connectivity index (χ1n) is 16.0. The lowest BCUT2D eigenvalue weighted by molar-refractivity contribution is -0.218. The molecule has 3 unspecified atom stereocenters. The Balaban J connectivity index is 1.34. The Morgan fingerprint density at radius 1 is 0.897 bits per heavy atom. The molecule has 0 aromatic heterocycles. The predicted octanol–water partition coefficient (Wildman–Crippen LogP) is 8.67. The second-order valence-electron chi connectivity index (χ2n) is 15.7. The molecule has 0 bridgehead atoms. The smallest absolute Gasteiger partial charge is 0.337 e. The van der Waals surface area contributed by atoms with Crippen LogP contribution in [0.3, 0.4) is 0 Å². The predicted molar refractivity (Wildman–Crippen MR) is 160 cm³/mol. The van der Waals surface area contributed by atoms with Crippen molar-refractivity contribution in [3.63, 3.8) is 0 Å². The van der Waals surface area contributed by atoms with E-state index in [0.29, 0.717) is 27.7 Å². The Hall–Kier alpha value is -1.61. The summed E-state index contributed by atoms with van der Waals surface area (Å²) in [5.74, 6) is 3.51. The van der Waals surface area contributed by atoms with Gasteiger partial charge < -0.3 is 10.5 Å². The van der Waals surface area contributed by atoms with Gasteiger partial charge in [0, 0.05) is 5.54 Å². The molecule has 0 heterocycles. The number of fused-ring (bicyclic) bond motifs is 7. The van der Waals surface area contributed by atoms with Gasteiger partial charge in [-0.15, -0.1) is 0 Å². The average molecular weight is 532 g/mol. The van der Waals surface area contributed by atoms with Gasteiger partial charge in [0.15, 0.2) is 0 Å². The van der Waals surface area contributed by atoms with Crippen LogP contribution in [-0.2, 0) is 4.74 Å². The molecule has 3 nitrogen and oxygen atoms in total. The van der Waals surface area contributed by atoms with Crippen LogP contribution in [0.2, 0.25) is 0 Å². The van der Waals surface area contributed by atoms with E-state index in [2.05, 4.69) is 59.8 Å². The fourth-order valence-corrected chi connectivity index (χ4v) is 12.3. The van der Waals surface area contributed by atoms with Crippen LogP contribution in [0.4, 0.5) is 0 Å². The number of methoxy groups -OCH3 is 1. The van der Waals surface area contributed by atoms with Crippen LogP contribution in [0.15, 0.2) is 30.3 Å². The second kappa shape index (κ2) is 8.94. The number of hydrogen-bond acceptors (Lipinski definition) is 3. The highest BCUT2D eigenvalue weighted by Gasteiger charge is 2.69. The van der Waals surface area contributed by atoms with Crippen molar-refractivity contribution < 1.29 is 9.53 Å². The Morgan fingerprint density at radius 3 is 2.28 bits per heavy atom. The van der Waals surface area contributed by atoms with E-state index in [1.807, 2.05) is 12.1 Å². The number of benzene rings is 1. The molecule has 5 aliphatic rings. The molecular formula is C36H53NO2. The molecule has 1 aromatic carbocycles. The highest BCUT2D eigenvalue weighted by atomic mass is 16.5. The van der Waals surface area contributed by atoms with Crippen molar-refractivity contribution in [2.24, 2.45) is 57.0 Å². The summed E-state index contributed by atoms with van der Waals surface area (Å²) in [5, 5.41) is 0. The maximum Gasteiger partial charge on any atom is 0.337 e. The number of carbonyl (C=O) groups excluding carboxylic acids is 1. The third-order valence-corrected chi connectivity index (χ3v) is 14.4. The normalized spacial score (nSPS) is 46.3. The van der Waals surface area contributed by atoms with Crippen LogP contribution < -0.4 is 5.73 Å².